The number of hydrazone groups is 1. The van der Waals surface area contributed by atoms with E-state index in [2.05, 4.69) is 5.10 Å². The SMILES string of the molecule is CC(=O)N1N=C(COc2c(C)cccc2C)OC1c1cccs1. The zero-order chi connectivity index (χ0) is 16.4. The average molecular weight is 330 g/mol. The number of benzene rings is 1. The second-order valence-corrected chi connectivity index (χ2v) is 6.33. The molecule has 1 aliphatic heterocycles. The smallest absolute Gasteiger partial charge is 0.247 e. The minimum Gasteiger partial charge on any atom is -0.483 e. The third kappa shape index (κ3) is 3.22. The number of aryl methyl sites for hydroxylation is 2. The lowest BCUT2D eigenvalue weighted by atomic mass is 10.1. The maximum atomic E-state index is 11.8. The fourth-order valence-corrected chi connectivity index (χ4v) is 3.18. The molecule has 2 heterocycles. The van der Waals surface area contributed by atoms with Crippen molar-refractivity contribution >= 4 is 23.1 Å². The quantitative estimate of drug-likeness (QED) is 0.860. The first-order valence-corrected chi connectivity index (χ1v) is 8.20. The molecule has 0 aliphatic carbocycles. The number of thiophene rings is 1. The van der Waals surface area contributed by atoms with Gasteiger partial charge in [0.1, 0.15) is 5.75 Å². The van der Waals surface area contributed by atoms with Crippen LogP contribution in [0.15, 0.2) is 40.8 Å². The minimum atomic E-state index is -0.496. The fraction of sp³-hybridized carbons (Fsp3) is 0.294. The van der Waals surface area contributed by atoms with Gasteiger partial charge in [-0.1, -0.05) is 24.3 Å². The Balaban J connectivity index is 1.74. The molecule has 120 valence electrons. The molecule has 0 fully saturated rings. The topological polar surface area (TPSA) is 51.1 Å². The lowest BCUT2D eigenvalue weighted by Crippen LogP contribution is -2.24. The van der Waals surface area contributed by atoms with Crippen LogP contribution in [-0.4, -0.2) is 23.4 Å². The van der Waals surface area contributed by atoms with E-state index in [4.69, 9.17) is 9.47 Å². The highest BCUT2D eigenvalue weighted by Crippen LogP contribution is 2.31. The van der Waals surface area contributed by atoms with Crippen LogP contribution in [0.3, 0.4) is 0 Å². The van der Waals surface area contributed by atoms with Crippen LogP contribution in [0, 0.1) is 13.8 Å². The molecule has 0 bridgehead atoms. The number of carbonyl (C=O) groups is 1. The van der Waals surface area contributed by atoms with Gasteiger partial charge in [-0.25, -0.2) is 0 Å². The molecule has 2 aromatic rings. The molecule has 1 aromatic heterocycles. The molecule has 1 unspecified atom stereocenters. The van der Waals surface area contributed by atoms with Crippen molar-refractivity contribution in [2.45, 2.75) is 27.0 Å². The van der Waals surface area contributed by atoms with Gasteiger partial charge < -0.3 is 9.47 Å². The number of nitrogens with zero attached hydrogens (tertiary/aromatic N) is 2. The molecule has 23 heavy (non-hydrogen) atoms. The maximum absolute atomic E-state index is 11.8. The summed E-state index contributed by atoms with van der Waals surface area (Å²) in [4.78, 5) is 12.7. The van der Waals surface area contributed by atoms with Crippen LogP contribution < -0.4 is 4.74 Å². The summed E-state index contributed by atoms with van der Waals surface area (Å²) in [6, 6.07) is 9.83. The van der Waals surface area contributed by atoms with Crippen LogP contribution in [0.5, 0.6) is 5.75 Å². The van der Waals surface area contributed by atoms with E-state index in [1.165, 1.54) is 23.3 Å². The van der Waals surface area contributed by atoms with Gasteiger partial charge in [0.25, 0.3) is 0 Å². The van der Waals surface area contributed by atoms with E-state index < -0.39 is 6.23 Å². The average Bonchev–Trinajstić information content (AvgIpc) is 3.15. The van der Waals surface area contributed by atoms with E-state index >= 15 is 0 Å². The van der Waals surface area contributed by atoms with Crippen LogP contribution in [-0.2, 0) is 9.53 Å². The molecule has 3 rings (SSSR count). The van der Waals surface area contributed by atoms with Gasteiger partial charge in [0.15, 0.2) is 6.61 Å². The van der Waals surface area contributed by atoms with Crippen LogP contribution in [0.4, 0.5) is 0 Å². The monoisotopic (exact) mass is 330 g/mol. The van der Waals surface area contributed by atoms with E-state index in [0.29, 0.717) is 5.90 Å². The van der Waals surface area contributed by atoms with Gasteiger partial charge >= 0.3 is 0 Å². The number of para-hydroxylation sites is 1. The van der Waals surface area contributed by atoms with Crippen LogP contribution in [0.2, 0.25) is 0 Å². The Morgan fingerprint density at radius 1 is 1.30 bits per heavy atom. The van der Waals surface area contributed by atoms with Gasteiger partial charge in [-0.2, -0.15) is 5.01 Å². The van der Waals surface area contributed by atoms with Gasteiger partial charge in [-0.3, -0.25) is 4.79 Å². The maximum Gasteiger partial charge on any atom is 0.247 e. The van der Waals surface area contributed by atoms with Crippen molar-refractivity contribution in [3.8, 4) is 5.75 Å². The zero-order valence-corrected chi connectivity index (χ0v) is 14.1. The molecule has 1 aliphatic rings. The Bertz CT molecular complexity index is 720. The van der Waals surface area contributed by atoms with E-state index in [1.807, 2.05) is 49.6 Å². The highest BCUT2D eigenvalue weighted by molar-refractivity contribution is 7.10. The van der Waals surface area contributed by atoms with Gasteiger partial charge in [0.2, 0.25) is 18.0 Å². The Kier molecular flexibility index (Phi) is 4.34. The van der Waals surface area contributed by atoms with E-state index in [0.717, 1.165) is 21.8 Å². The molecule has 5 nitrogen and oxygen atoms in total. The predicted octanol–water partition coefficient (Wildman–Crippen LogP) is 3.63. The van der Waals surface area contributed by atoms with Crippen molar-refractivity contribution in [3.63, 3.8) is 0 Å². The Hall–Kier alpha value is -2.34. The number of hydrogen-bond acceptors (Lipinski definition) is 5. The lowest BCUT2D eigenvalue weighted by Gasteiger charge is -2.17. The molecule has 1 aromatic carbocycles. The molecule has 6 heteroatoms. The van der Waals surface area contributed by atoms with Crippen molar-refractivity contribution in [3.05, 3.63) is 51.7 Å². The fourth-order valence-electron chi connectivity index (χ4n) is 2.44. The van der Waals surface area contributed by atoms with E-state index in [1.54, 1.807) is 0 Å². The standard InChI is InChI=1S/C17H18N2O3S/c1-11-6-4-7-12(2)16(11)21-10-15-18-19(13(3)20)17(22-15)14-8-5-9-23-14/h4-9,17H,10H2,1-3H3. The number of amides is 1. The Morgan fingerprint density at radius 3 is 2.65 bits per heavy atom. The largest absolute Gasteiger partial charge is 0.483 e. The van der Waals surface area contributed by atoms with Crippen molar-refractivity contribution in [2.75, 3.05) is 6.61 Å². The number of rotatable bonds is 4. The van der Waals surface area contributed by atoms with E-state index in [-0.39, 0.29) is 12.5 Å². The normalized spacial score (nSPS) is 16.9. The van der Waals surface area contributed by atoms with Crippen molar-refractivity contribution in [2.24, 2.45) is 5.10 Å². The first kappa shape index (κ1) is 15.6. The first-order chi connectivity index (χ1) is 11.1. The van der Waals surface area contributed by atoms with Crippen molar-refractivity contribution in [1.82, 2.24) is 5.01 Å². The third-order valence-corrected chi connectivity index (χ3v) is 4.45. The molecular formula is C17H18N2O3S. The summed E-state index contributed by atoms with van der Waals surface area (Å²) in [7, 11) is 0. The van der Waals surface area contributed by atoms with Crippen LogP contribution in [0.25, 0.3) is 0 Å². The number of carbonyl (C=O) groups excluding carboxylic acids is 1. The van der Waals surface area contributed by atoms with Gasteiger partial charge in [-0.05, 0) is 36.4 Å². The van der Waals surface area contributed by atoms with Gasteiger partial charge in [-0.15, -0.1) is 16.4 Å². The summed E-state index contributed by atoms with van der Waals surface area (Å²) in [6.45, 7) is 5.66. The number of ether oxygens (including phenoxy) is 2. The zero-order valence-electron chi connectivity index (χ0n) is 13.3. The molecule has 1 amide bonds. The molecule has 0 saturated carbocycles. The van der Waals surface area contributed by atoms with E-state index in [9.17, 15) is 4.79 Å². The minimum absolute atomic E-state index is 0.162. The molecule has 0 radical (unpaired) electrons. The summed E-state index contributed by atoms with van der Waals surface area (Å²) in [5, 5.41) is 7.56. The summed E-state index contributed by atoms with van der Waals surface area (Å²) in [5.41, 5.74) is 2.11. The van der Waals surface area contributed by atoms with Crippen LogP contribution >= 0.6 is 11.3 Å². The Labute approximate surface area is 139 Å². The van der Waals surface area contributed by atoms with Crippen molar-refractivity contribution in [1.29, 1.82) is 0 Å². The molecule has 1 atom stereocenters. The second kappa shape index (κ2) is 6.42. The molecule has 0 saturated heterocycles. The van der Waals surface area contributed by atoms with Gasteiger partial charge in [0, 0.05) is 6.92 Å². The summed E-state index contributed by atoms with van der Waals surface area (Å²) >= 11 is 1.53. The Morgan fingerprint density at radius 2 is 2.04 bits per heavy atom. The first-order valence-electron chi connectivity index (χ1n) is 7.32. The lowest BCUT2D eigenvalue weighted by molar-refractivity contribution is -0.135. The van der Waals surface area contributed by atoms with Gasteiger partial charge in [0.05, 0.1) is 4.88 Å². The third-order valence-electron chi connectivity index (χ3n) is 3.55. The highest BCUT2D eigenvalue weighted by Gasteiger charge is 2.33. The summed E-state index contributed by atoms with van der Waals surface area (Å²) < 4.78 is 11.7. The molecular weight excluding hydrogens is 312 g/mol. The van der Waals surface area contributed by atoms with Crippen molar-refractivity contribution < 1.29 is 14.3 Å². The van der Waals surface area contributed by atoms with Crippen LogP contribution in [0.1, 0.15) is 29.2 Å². The molecule has 0 N–H and O–H groups in total. The second-order valence-electron chi connectivity index (χ2n) is 5.35. The predicted molar refractivity (Wildman–Crippen MR) is 89.5 cm³/mol. The number of hydrogen-bond donors (Lipinski definition) is 0. The molecule has 0 spiro atoms. The summed E-state index contributed by atoms with van der Waals surface area (Å²) in [6.07, 6.45) is -0.496. The summed E-state index contributed by atoms with van der Waals surface area (Å²) in [5.74, 6) is 1.07. The highest BCUT2D eigenvalue weighted by atomic mass is 32.1.